The molecule has 26 heavy (non-hydrogen) atoms. The lowest BCUT2D eigenvalue weighted by Crippen LogP contribution is -2.60. The molecule has 1 aliphatic carbocycles. The van der Waals surface area contributed by atoms with Crippen molar-refractivity contribution in [2.24, 2.45) is 0 Å². The lowest BCUT2D eigenvalue weighted by Gasteiger charge is -2.44. The first kappa shape index (κ1) is 15.2. The van der Waals surface area contributed by atoms with Gasteiger partial charge in [0.1, 0.15) is 11.5 Å². The fourth-order valence-electron chi connectivity index (χ4n) is 3.20. The topological polar surface area (TPSA) is 92.4 Å². The van der Waals surface area contributed by atoms with Crippen LogP contribution in [-0.4, -0.2) is 66.8 Å². The first-order valence-corrected chi connectivity index (χ1v) is 8.71. The van der Waals surface area contributed by atoms with Crippen LogP contribution < -0.4 is 4.90 Å². The third-order valence-electron chi connectivity index (χ3n) is 5.05. The molecule has 0 bridgehead atoms. The second-order valence-electron chi connectivity index (χ2n) is 6.86. The van der Waals surface area contributed by atoms with Crippen LogP contribution in [0.25, 0.3) is 5.65 Å². The number of rotatable bonds is 4. The van der Waals surface area contributed by atoms with E-state index in [2.05, 4.69) is 25.1 Å². The average molecular weight is 350 g/mol. The number of aromatic nitrogens is 6. The Morgan fingerprint density at radius 3 is 2.77 bits per heavy atom. The second kappa shape index (κ2) is 5.72. The molecular weight excluding hydrogens is 332 g/mol. The SMILES string of the molecule is CN(C(=O)c1cnccn1)C1CN(c2ccc3nnc(C4CC4)n3n2)C1. The summed E-state index contributed by atoms with van der Waals surface area (Å²) in [5, 5.41) is 13.2. The number of amides is 1. The Hall–Kier alpha value is -3.10. The van der Waals surface area contributed by atoms with Gasteiger partial charge < -0.3 is 9.80 Å². The minimum absolute atomic E-state index is 0.110. The third-order valence-corrected chi connectivity index (χ3v) is 5.05. The molecule has 0 radical (unpaired) electrons. The molecule has 4 heterocycles. The fraction of sp³-hybridized carbons (Fsp3) is 0.412. The highest BCUT2D eigenvalue weighted by Gasteiger charge is 2.35. The maximum absolute atomic E-state index is 12.5. The molecule has 3 aromatic rings. The number of nitrogens with zero attached hydrogens (tertiary/aromatic N) is 8. The Labute approximate surface area is 149 Å². The standard InChI is InChI=1S/C17H18N8O/c1-23(17(26)13-8-18-6-7-19-13)12-9-24(10-12)15-5-4-14-20-21-16(11-2-3-11)25(14)22-15/h4-8,11-12H,2-3,9-10H2,1H3. The van der Waals surface area contributed by atoms with Crippen LogP contribution in [0.15, 0.2) is 30.7 Å². The normalized spacial score (nSPS) is 17.3. The van der Waals surface area contributed by atoms with Crippen molar-refractivity contribution in [1.82, 2.24) is 34.7 Å². The van der Waals surface area contributed by atoms with Crippen molar-refractivity contribution in [2.45, 2.75) is 24.8 Å². The van der Waals surface area contributed by atoms with E-state index >= 15 is 0 Å². The first-order valence-electron chi connectivity index (χ1n) is 8.71. The van der Waals surface area contributed by atoms with Gasteiger partial charge in [0.05, 0.1) is 12.2 Å². The van der Waals surface area contributed by atoms with Crippen LogP contribution in [0, 0.1) is 0 Å². The molecule has 132 valence electrons. The number of likely N-dealkylation sites (N-methyl/N-ethyl adjacent to an activating group) is 1. The number of fused-ring (bicyclic) bond motifs is 1. The van der Waals surface area contributed by atoms with Crippen molar-refractivity contribution in [3.8, 4) is 0 Å². The molecular formula is C17H18N8O. The van der Waals surface area contributed by atoms with Gasteiger partial charge in [-0.05, 0) is 25.0 Å². The third kappa shape index (κ3) is 2.47. The summed E-state index contributed by atoms with van der Waals surface area (Å²) in [4.78, 5) is 24.4. The fourth-order valence-corrected chi connectivity index (χ4v) is 3.20. The van der Waals surface area contributed by atoms with Gasteiger partial charge in [0.15, 0.2) is 11.5 Å². The van der Waals surface area contributed by atoms with E-state index in [-0.39, 0.29) is 11.9 Å². The van der Waals surface area contributed by atoms with E-state index in [1.807, 2.05) is 16.6 Å². The van der Waals surface area contributed by atoms with Crippen LogP contribution in [0.2, 0.25) is 0 Å². The van der Waals surface area contributed by atoms with Crippen molar-refractivity contribution in [3.63, 3.8) is 0 Å². The zero-order chi connectivity index (χ0) is 17.7. The van der Waals surface area contributed by atoms with Crippen LogP contribution in [0.1, 0.15) is 35.1 Å². The maximum atomic E-state index is 12.5. The summed E-state index contributed by atoms with van der Waals surface area (Å²) in [5.74, 6) is 2.22. The summed E-state index contributed by atoms with van der Waals surface area (Å²) in [5.41, 5.74) is 1.15. The van der Waals surface area contributed by atoms with E-state index in [1.54, 1.807) is 18.1 Å². The molecule has 1 saturated carbocycles. The smallest absolute Gasteiger partial charge is 0.274 e. The van der Waals surface area contributed by atoms with Gasteiger partial charge in [-0.1, -0.05) is 0 Å². The molecule has 2 aliphatic rings. The minimum atomic E-state index is -0.110. The van der Waals surface area contributed by atoms with Gasteiger partial charge in [-0.25, -0.2) is 4.98 Å². The van der Waals surface area contributed by atoms with E-state index in [0.29, 0.717) is 11.6 Å². The predicted octanol–water partition coefficient (Wildman–Crippen LogP) is 0.752. The zero-order valence-electron chi connectivity index (χ0n) is 14.4. The van der Waals surface area contributed by atoms with Crippen LogP contribution in [-0.2, 0) is 0 Å². The molecule has 1 amide bonds. The predicted molar refractivity (Wildman–Crippen MR) is 92.9 cm³/mol. The van der Waals surface area contributed by atoms with E-state index in [0.717, 1.165) is 43.2 Å². The monoisotopic (exact) mass is 350 g/mol. The molecule has 5 rings (SSSR count). The number of hydrogen-bond donors (Lipinski definition) is 0. The highest BCUT2D eigenvalue weighted by atomic mass is 16.2. The molecule has 9 heteroatoms. The zero-order valence-corrected chi connectivity index (χ0v) is 14.4. The van der Waals surface area contributed by atoms with Gasteiger partial charge >= 0.3 is 0 Å². The molecule has 0 aromatic carbocycles. The summed E-state index contributed by atoms with van der Waals surface area (Å²) in [7, 11) is 1.81. The molecule has 0 unspecified atom stereocenters. The molecule has 0 atom stereocenters. The van der Waals surface area contributed by atoms with Gasteiger partial charge in [-0.2, -0.15) is 4.52 Å². The molecule has 3 aromatic heterocycles. The van der Waals surface area contributed by atoms with Crippen LogP contribution in [0.4, 0.5) is 5.82 Å². The summed E-state index contributed by atoms with van der Waals surface area (Å²) in [6.07, 6.45) is 6.91. The van der Waals surface area contributed by atoms with Crippen molar-refractivity contribution >= 4 is 17.4 Å². The quantitative estimate of drug-likeness (QED) is 0.685. The number of carbonyl (C=O) groups excluding carboxylic acids is 1. The largest absolute Gasteiger partial charge is 0.351 e. The lowest BCUT2D eigenvalue weighted by molar-refractivity contribution is 0.0698. The Bertz CT molecular complexity index is 961. The Kier molecular flexibility index (Phi) is 3.34. The van der Waals surface area contributed by atoms with E-state index < -0.39 is 0 Å². The van der Waals surface area contributed by atoms with E-state index in [9.17, 15) is 4.79 Å². The molecule has 9 nitrogen and oxygen atoms in total. The van der Waals surface area contributed by atoms with Gasteiger partial charge in [0.25, 0.3) is 5.91 Å². The first-order chi connectivity index (χ1) is 12.7. The number of carbonyl (C=O) groups is 1. The lowest BCUT2D eigenvalue weighted by atomic mass is 10.1. The van der Waals surface area contributed by atoms with E-state index in [4.69, 9.17) is 5.10 Å². The van der Waals surface area contributed by atoms with E-state index in [1.165, 1.54) is 12.4 Å². The number of anilines is 1. The van der Waals surface area contributed by atoms with Gasteiger partial charge in [-0.15, -0.1) is 15.3 Å². The van der Waals surface area contributed by atoms with Crippen LogP contribution >= 0.6 is 0 Å². The van der Waals surface area contributed by atoms with Crippen LogP contribution in [0.3, 0.4) is 0 Å². The Morgan fingerprint density at radius 2 is 2.04 bits per heavy atom. The highest BCUT2D eigenvalue weighted by molar-refractivity contribution is 5.92. The molecule has 1 saturated heterocycles. The van der Waals surface area contributed by atoms with Crippen molar-refractivity contribution in [2.75, 3.05) is 25.0 Å². The van der Waals surface area contributed by atoms with Crippen LogP contribution in [0.5, 0.6) is 0 Å². The van der Waals surface area contributed by atoms with Gasteiger partial charge in [0.2, 0.25) is 0 Å². The summed E-state index contributed by atoms with van der Waals surface area (Å²) in [6, 6.07) is 4.04. The maximum Gasteiger partial charge on any atom is 0.274 e. The Balaban J connectivity index is 1.30. The van der Waals surface area contributed by atoms with Crippen molar-refractivity contribution in [1.29, 1.82) is 0 Å². The summed E-state index contributed by atoms with van der Waals surface area (Å²) >= 11 is 0. The number of hydrogen-bond acceptors (Lipinski definition) is 7. The molecule has 0 N–H and O–H groups in total. The summed E-state index contributed by atoms with van der Waals surface area (Å²) in [6.45, 7) is 1.48. The second-order valence-corrected chi connectivity index (χ2v) is 6.86. The van der Waals surface area contributed by atoms with Gasteiger partial charge in [0, 0.05) is 38.4 Å². The van der Waals surface area contributed by atoms with Crippen molar-refractivity contribution in [3.05, 3.63) is 42.2 Å². The Morgan fingerprint density at radius 1 is 1.19 bits per heavy atom. The molecule has 2 fully saturated rings. The highest BCUT2D eigenvalue weighted by Crippen LogP contribution is 2.38. The van der Waals surface area contributed by atoms with Crippen molar-refractivity contribution < 1.29 is 4.79 Å². The molecule has 1 aliphatic heterocycles. The minimum Gasteiger partial charge on any atom is -0.351 e. The van der Waals surface area contributed by atoms with Gasteiger partial charge in [-0.3, -0.25) is 9.78 Å². The molecule has 0 spiro atoms. The summed E-state index contributed by atoms with van der Waals surface area (Å²) < 4.78 is 1.86. The average Bonchev–Trinajstić information content (AvgIpc) is 3.40.